The zero-order valence-electron chi connectivity index (χ0n) is 13.2. The molecule has 0 amide bonds. The lowest BCUT2D eigenvalue weighted by molar-refractivity contribution is -0.153. The number of hydrogen-bond donors (Lipinski definition) is 1. The van der Waals surface area contributed by atoms with Crippen molar-refractivity contribution in [3.63, 3.8) is 0 Å². The fraction of sp³-hybridized carbons (Fsp3) is 0.933. The van der Waals surface area contributed by atoms with E-state index in [-0.39, 0.29) is 5.97 Å². The molecule has 1 aliphatic rings. The Morgan fingerprint density at radius 2 is 2.21 bits per heavy atom. The molecular formula is C15H30N2O2. The Morgan fingerprint density at radius 1 is 1.53 bits per heavy atom. The fourth-order valence-electron chi connectivity index (χ4n) is 3.05. The normalized spacial score (nSPS) is 27.2. The number of likely N-dealkylation sites (N-methyl/N-ethyl adjacent to an activating group) is 1. The highest BCUT2D eigenvalue weighted by atomic mass is 16.5. The van der Waals surface area contributed by atoms with Gasteiger partial charge in [-0.3, -0.25) is 4.79 Å². The van der Waals surface area contributed by atoms with Crippen LogP contribution in [-0.2, 0) is 9.53 Å². The number of hydrogen-bond acceptors (Lipinski definition) is 4. The van der Waals surface area contributed by atoms with E-state index in [1.807, 2.05) is 14.0 Å². The van der Waals surface area contributed by atoms with E-state index in [0.717, 1.165) is 32.2 Å². The number of esters is 1. The highest BCUT2D eigenvalue weighted by Gasteiger charge is 2.48. The van der Waals surface area contributed by atoms with E-state index < -0.39 is 5.54 Å². The Bertz CT molecular complexity index is 294. The molecule has 1 rings (SSSR count). The molecule has 112 valence electrons. The first kappa shape index (κ1) is 16.4. The first-order chi connectivity index (χ1) is 8.97. The summed E-state index contributed by atoms with van der Waals surface area (Å²) in [4.78, 5) is 14.6. The minimum Gasteiger partial charge on any atom is -0.465 e. The topological polar surface area (TPSA) is 41.6 Å². The van der Waals surface area contributed by atoms with Crippen molar-refractivity contribution in [1.82, 2.24) is 10.2 Å². The lowest BCUT2D eigenvalue weighted by Crippen LogP contribution is -2.54. The molecule has 1 N–H and O–H groups in total. The van der Waals surface area contributed by atoms with Crippen molar-refractivity contribution in [2.45, 2.75) is 58.0 Å². The highest BCUT2D eigenvalue weighted by Crippen LogP contribution is 2.38. The van der Waals surface area contributed by atoms with Crippen LogP contribution in [0.25, 0.3) is 0 Å². The molecule has 0 saturated heterocycles. The predicted octanol–water partition coefficient (Wildman–Crippen LogP) is 2.04. The lowest BCUT2D eigenvalue weighted by Gasteiger charge is -2.34. The van der Waals surface area contributed by atoms with Crippen LogP contribution in [0.3, 0.4) is 0 Å². The summed E-state index contributed by atoms with van der Waals surface area (Å²) < 4.78 is 5.29. The maximum atomic E-state index is 12.3. The van der Waals surface area contributed by atoms with E-state index >= 15 is 0 Å². The van der Waals surface area contributed by atoms with Crippen LogP contribution in [0.4, 0.5) is 0 Å². The number of nitrogens with zero attached hydrogens (tertiary/aromatic N) is 1. The summed E-state index contributed by atoms with van der Waals surface area (Å²) in [6.07, 6.45) is 4.17. The summed E-state index contributed by atoms with van der Waals surface area (Å²) in [6.45, 7) is 7.76. The molecule has 1 saturated carbocycles. The van der Waals surface area contributed by atoms with Gasteiger partial charge in [0.15, 0.2) is 0 Å². The Morgan fingerprint density at radius 3 is 2.74 bits per heavy atom. The molecule has 1 aliphatic carbocycles. The van der Waals surface area contributed by atoms with Gasteiger partial charge in [0, 0.05) is 6.04 Å². The number of carbonyl (C=O) groups excluding carboxylic acids is 1. The molecule has 0 aromatic rings. The van der Waals surface area contributed by atoms with Crippen molar-refractivity contribution in [2.75, 3.05) is 27.2 Å². The lowest BCUT2D eigenvalue weighted by atomic mass is 9.84. The quantitative estimate of drug-likeness (QED) is 0.719. The minimum atomic E-state index is -0.451. The standard InChI is InChI=1S/C15H30N2O2/c1-6-19-14(18)15(16-4)10-7-8-13(15)9-11-17(5)12(2)3/h12-13,16H,6-11H2,1-5H3. The van der Waals surface area contributed by atoms with E-state index in [1.54, 1.807) is 0 Å². The van der Waals surface area contributed by atoms with Gasteiger partial charge in [-0.25, -0.2) is 0 Å². The van der Waals surface area contributed by atoms with Gasteiger partial charge in [-0.2, -0.15) is 0 Å². The molecular weight excluding hydrogens is 240 g/mol. The molecule has 2 atom stereocenters. The first-order valence-corrected chi connectivity index (χ1v) is 7.54. The molecule has 0 bridgehead atoms. The van der Waals surface area contributed by atoms with Gasteiger partial charge < -0.3 is 15.0 Å². The van der Waals surface area contributed by atoms with Crippen LogP contribution >= 0.6 is 0 Å². The molecule has 0 spiro atoms. The fourth-order valence-corrected chi connectivity index (χ4v) is 3.05. The third-order valence-corrected chi connectivity index (χ3v) is 4.62. The van der Waals surface area contributed by atoms with Gasteiger partial charge in [-0.1, -0.05) is 6.42 Å². The van der Waals surface area contributed by atoms with Gasteiger partial charge in [-0.15, -0.1) is 0 Å². The summed E-state index contributed by atoms with van der Waals surface area (Å²) in [5, 5.41) is 3.27. The van der Waals surface area contributed by atoms with Crippen LogP contribution in [-0.4, -0.2) is 49.7 Å². The van der Waals surface area contributed by atoms with Crippen molar-refractivity contribution in [3.05, 3.63) is 0 Å². The molecule has 4 nitrogen and oxygen atoms in total. The minimum absolute atomic E-state index is 0.0628. The van der Waals surface area contributed by atoms with Gasteiger partial charge in [0.25, 0.3) is 0 Å². The summed E-state index contributed by atoms with van der Waals surface area (Å²) in [5.41, 5.74) is -0.451. The maximum absolute atomic E-state index is 12.3. The summed E-state index contributed by atoms with van der Waals surface area (Å²) >= 11 is 0. The van der Waals surface area contributed by atoms with E-state index in [4.69, 9.17) is 4.74 Å². The monoisotopic (exact) mass is 270 g/mol. The third kappa shape index (κ3) is 3.69. The SMILES string of the molecule is CCOC(=O)C1(NC)CCCC1CCN(C)C(C)C. The molecule has 19 heavy (non-hydrogen) atoms. The average molecular weight is 270 g/mol. The Kier molecular flexibility index (Phi) is 6.27. The molecule has 0 aromatic heterocycles. The Hall–Kier alpha value is -0.610. The van der Waals surface area contributed by atoms with Crippen molar-refractivity contribution >= 4 is 5.97 Å². The highest BCUT2D eigenvalue weighted by molar-refractivity contribution is 5.81. The molecule has 2 unspecified atom stereocenters. The van der Waals surface area contributed by atoms with Crippen LogP contribution in [0, 0.1) is 5.92 Å². The number of ether oxygens (including phenoxy) is 1. The molecule has 1 fully saturated rings. The van der Waals surface area contributed by atoms with Crippen LogP contribution in [0.1, 0.15) is 46.5 Å². The molecule has 4 heteroatoms. The summed E-state index contributed by atoms with van der Waals surface area (Å²) in [6, 6.07) is 0.549. The number of carbonyl (C=O) groups is 1. The van der Waals surface area contributed by atoms with Gasteiger partial charge in [0.2, 0.25) is 0 Å². The molecule has 0 radical (unpaired) electrons. The van der Waals surface area contributed by atoms with Crippen molar-refractivity contribution in [1.29, 1.82) is 0 Å². The van der Waals surface area contributed by atoms with E-state index in [9.17, 15) is 4.79 Å². The number of rotatable bonds is 7. The van der Waals surface area contributed by atoms with Gasteiger partial charge in [0.1, 0.15) is 5.54 Å². The molecule has 0 aromatic carbocycles. The van der Waals surface area contributed by atoms with Crippen LogP contribution in [0.15, 0.2) is 0 Å². The molecule has 0 aliphatic heterocycles. The van der Waals surface area contributed by atoms with E-state index in [0.29, 0.717) is 18.6 Å². The third-order valence-electron chi connectivity index (χ3n) is 4.62. The van der Waals surface area contributed by atoms with Crippen molar-refractivity contribution < 1.29 is 9.53 Å². The average Bonchev–Trinajstić information content (AvgIpc) is 2.80. The van der Waals surface area contributed by atoms with E-state index in [2.05, 4.69) is 31.1 Å². The second-order valence-electron chi connectivity index (χ2n) is 5.89. The van der Waals surface area contributed by atoms with Crippen LogP contribution < -0.4 is 5.32 Å². The second-order valence-corrected chi connectivity index (χ2v) is 5.89. The number of nitrogens with one attached hydrogen (secondary N) is 1. The summed E-state index contributed by atoms with van der Waals surface area (Å²) in [7, 11) is 4.03. The van der Waals surface area contributed by atoms with Gasteiger partial charge >= 0.3 is 5.97 Å². The summed E-state index contributed by atoms with van der Waals surface area (Å²) in [5.74, 6) is 0.324. The predicted molar refractivity (Wildman–Crippen MR) is 78.1 cm³/mol. The zero-order chi connectivity index (χ0) is 14.5. The largest absolute Gasteiger partial charge is 0.465 e. The van der Waals surface area contributed by atoms with Crippen molar-refractivity contribution in [3.8, 4) is 0 Å². The van der Waals surface area contributed by atoms with Crippen LogP contribution in [0.2, 0.25) is 0 Å². The Balaban J connectivity index is 2.67. The second kappa shape index (κ2) is 7.25. The molecule has 0 heterocycles. The van der Waals surface area contributed by atoms with Gasteiger partial charge in [-0.05, 0) is 66.6 Å². The van der Waals surface area contributed by atoms with Gasteiger partial charge in [0.05, 0.1) is 6.61 Å². The van der Waals surface area contributed by atoms with Crippen molar-refractivity contribution in [2.24, 2.45) is 5.92 Å². The first-order valence-electron chi connectivity index (χ1n) is 7.54. The Labute approximate surface area is 117 Å². The van der Waals surface area contributed by atoms with E-state index in [1.165, 1.54) is 0 Å². The maximum Gasteiger partial charge on any atom is 0.326 e. The zero-order valence-corrected chi connectivity index (χ0v) is 13.2. The smallest absolute Gasteiger partial charge is 0.326 e. The van der Waals surface area contributed by atoms with Crippen LogP contribution in [0.5, 0.6) is 0 Å².